The van der Waals surface area contributed by atoms with Gasteiger partial charge in [-0.1, -0.05) is 11.6 Å². The van der Waals surface area contributed by atoms with Gasteiger partial charge in [-0.3, -0.25) is 19.2 Å². The maximum Gasteiger partial charge on any atom is 0.312 e. The van der Waals surface area contributed by atoms with Gasteiger partial charge in [0.2, 0.25) is 5.91 Å². The van der Waals surface area contributed by atoms with Crippen molar-refractivity contribution in [1.29, 1.82) is 0 Å². The molecule has 2 saturated heterocycles. The van der Waals surface area contributed by atoms with E-state index in [1.54, 1.807) is 21.9 Å². The van der Waals surface area contributed by atoms with E-state index >= 15 is 0 Å². The number of hydrogen-bond acceptors (Lipinski definition) is 5. The summed E-state index contributed by atoms with van der Waals surface area (Å²) in [5.74, 6) is -1.12. The van der Waals surface area contributed by atoms with Crippen molar-refractivity contribution in [2.75, 3.05) is 39.3 Å². The van der Waals surface area contributed by atoms with Crippen molar-refractivity contribution in [3.8, 4) is 0 Å². The molecule has 146 valence electrons. The summed E-state index contributed by atoms with van der Waals surface area (Å²) in [5.41, 5.74) is 0. The highest BCUT2D eigenvalue weighted by Gasteiger charge is 2.31. The van der Waals surface area contributed by atoms with Crippen LogP contribution in [-0.2, 0) is 14.4 Å². The fourth-order valence-corrected chi connectivity index (χ4v) is 4.33. The van der Waals surface area contributed by atoms with Gasteiger partial charge in [-0.05, 0) is 25.0 Å². The number of carbonyl (C=O) groups excluding carboxylic acids is 4. The van der Waals surface area contributed by atoms with Crippen LogP contribution in [0.4, 0.5) is 0 Å². The van der Waals surface area contributed by atoms with Crippen LogP contribution >= 0.6 is 22.9 Å². The van der Waals surface area contributed by atoms with Crippen molar-refractivity contribution in [1.82, 2.24) is 14.7 Å². The standard InChI is InChI=1S/C18H22ClN3O4S/c19-15-5-4-14(27-15)13(23)3-6-16(24)20-9-11-22(12-10-20)18(26)17(25)21-7-1-2-8-21/h4-5H,1-3,6-12H2. The summed E-state index contributed by atoms with van der Waals surface area (Å²) >= 11 is 7.03. The number of carbonyl (C=O) groups is 4. The van der Waals surface area contributed by atoms with E-state index < -0.39 is 11.8 Å². The van der Waals surface area contributed by atoms with E-state index in [1.165, 1.54) is 16.2 Å². The molecule has 1 aromatic rings. The molecule has 3 heterocycles. The van der Waals surface area contributed by atoms with E-state index in [0.29, 0.717) is 48.5 Å². The molecule has 0 saturated carbocycles. The SMILES string of the molecule is O=C(CCC(=O)N1CCN(C(=O)C(=O)N2CCCC2)CC1)c1ccc(Cl)s1. The summed E-state index contributed by atoms with van der Waals surface area (Å²) in [6.07, 6.45) is 2.16. The second-order valence-electron chi connectivity index (χ2n) is 6.70. The highest BCUT2D eigenvalue weighted by atomic mass is 35.5. The van der Waals surface area contributed by atoms with Gasteiger partial charge in [-0.15, -0.1) is 11.3 Å². The number of piperazine rings is 1. The van der Waals surface area contributed by atoms with Crippen LogP contribution in [0, 0.1) is 0 Å². The van der Waals surface area contributed by atoms with Gasteiger partial charge in [0.15, 0.2) is 5.78 Å². The summed E-state index contributed by atoms with van der Waals surface area (Å²) in [5, 5.41) is 0. The van der Waals surface area contributed by atoms with Gasteiger partial charge in [-0.25, -0.2) is 0 Å². The van der Waals surface area contributed by atoms with Crippen LogP contribution in [0.25, 0.3) is 0 Å². The van der Waals surface area contributed by atoms with Crippen molar-refractivity contribution in [3.63, 3.8) is 0 Å². The van der Waals surface area contributed by atoms with Crippen LogP contribution in [0.15, 0.2) is 12.1 Å². The molecule has 0 radical (unpaired) electrons. The normalized spacial score (nSPS) is 17.3. The van der Waals surface area contributed by atoms with E-state index in [4.69, 9.17) is 11.6 Å². The molecule has 9 heteroatoms. The minimum absolute atomic E-state index is 0.0923. The van der Waals surface area contributed by atoms with Crippen molar-refractivity contribution >= 4 is 46.4 Å². The van der Waals surface area contributed by atoms with Crippen LogP contribution in [0.2, 0.25) is 4.34 Å². The Morgan fingerprint density at radius 1 is 0.815 bits per heavy atom. The van der Waals surface area contributed by atoms with Gasteiger partial charge in [0, 0.05) is 52.1 Å². The number of thiophene rings is 1. The molecule has 2 aliphatic heterocycles. The van der Waals surface area contributed by atoms with Crippen LogP contribution in [-0.4, -0.2) is 77.5 Å². The number of nitrogens with zero attached hydrogens (tertiary/aromatic N) is 3. The summed E-state index contributed by atoms with van der Waals surface area (Å²) in [6, 6.07) is 3.34. The number of ketones is 1. The predicted molar refractivity (Wildman–Crippen MR) is 102 cm³/mol. The van der Waals surface area contributed by atoms with E-state index in [0.717, 1.165) is 12.8 Å². The van der Waals surface area contributed by atoms with E-state index in [2.05, 4.69) is 0 Å². The molecule has 0 aromatic carbocycles. The van der Waals surface area contributed by atoms with Crippen LogP contribution in [0.1, 0.15) is 35.4 Å². The first-order chi connectivity index (χ1) is 13.0. The number of halogens is 1. The Morgan fingerprint density at radius 3 is 1.93 bits per heavy atom. The molecule has 0 N–H and O–H groups in total. The quantitative estimate of drug-likeness (QED) is 0.557. The van der Waals surface area contributed by atoms with Crippen LogP contribution in [0.5, 0.6) is 0 Å². The third-order valence-corrected chi connectivity index (χ3v) is 6.18. The molecule has 0 aliphatic carbocycles. The smallest absolute Gasteiger partial charge is 0.312 e. The van der Waals surface area contributed by atoms with Gasteiger partial charge < -0.3 is 14.7 Å². The minimum atomic E-state index is -0.478. The number of Topliss-reactive ketones (excluding diaryl/α,β-unsaturated/α-hetero) is 1. The van der Waals surface area contributed by atoms with Crippen molar-refractivity contribution in [2.24, 2.45) is 0 Å². The van der Waals surface area contributed by atoms with Gasteiger partial charge in [-0.2, -0.15) is 0 Å². The average Bonchev–Trinajstić information content (AvgIpc) is 3.36. The molecule has 1 aromatic heterocycles. The lowest BCUT2D eigenvalue weighted by atomic mass is 10.1. The Kier molecular flexibility index (Phi) is 6.49. The van der Waals surface area contributed by atoms with Gasteiger partial charge >= 0.3 is 11.8 Å². The zero-order chi connectivity index (χ0) is 19.4. The van der Waals surface area contributed by atoms with Crippen molar-refractivity contribution < 1.29 is 19.2 Å². The highest BCUT2D eigenvalue weighted by Crippen LogP contribution is 2.23. The van der Waals surface area contributed by atoms with E-state index in [-0.39, 0.29) is 24.5 Å². The predicted octanol–water partition coefficient (Wildman–Crippen LogP) is 1.66. The summed E-state index contributed by atoms with van der Waals surface area (Å²) < 4.78 is 0.550. The number of amides is 3. The molecule has 3 amide bonds. The van der Waals surface area contributed by atoms with Gasteiger partial charge in [0.25, 0.3) is 0 Å². The number of likely N-dealkylation sites (tertiary alicyclic amines) is 1. The molecule has 7 nitrogen and oxygen atoms in total. The molecular weight excluding hydrogens is 390 g/mol. The van der Waals surface area contributed by atoms with Crippen molar-refractivity contribution in [3.05, 3.63) is 21.3 Å². The molecule has 0 unspecified atom stereocenters. The fourth-order valence-electron chi connectivity index (χ4n) is 3.32. The largest absolute Gasteiger partial charge is 0.339 e. The third-order valence-electron chi connectivity index (χ3n) is 4.91. The molecule has 3 rings (SSSR count). The summed E-state index contributed by atoms with van der Waals surface area (Å²) in [7, 11) is 0. The Bertz CT molecular complexity index is 737. The zero-order valence-corrected chi connectivity index (χ0v) is 16.6. The second kappa shape index (κ2) is 8.84. The fraction of sp³-hybridized carbons (Fsp3) is 0.556. The Labute approximate surface area is 166 Å². The molecule has 0 atom stereocenters. The third kappa shape index (κ3) is 4.87. The first-order valence-corrected chi connectivity index (χ1v) is 10.3. The molecule has 2 fully saturated rings. The van der Waals surface area contributed by atoms with Crippen LogP contribution < -0.4 is 0 Å². The lowest BCUT2D eigenvalue weighted by Crippen LogP contribution is -2.54. The minimum Gasteiger partial charge on any atom is -0.339 e. The molecular formula is C18H22ClN3O4S. The van der Waals surface area contributed by atoms with E-state index in [9.17, 15) is 19.2 Å². The Morgan fingerprint density at radius 2 is 1.37 bits per heavy atom. The molecule has 2 aliphatic rings. The molecule has 0 bridgehead atoms. The van der Waals surface area contributed by atoms with Crippen molar-refractivity contribution in [2.45, 2.75) is 25.7 Å². The highest BCUT2D eigenvalue weighted by molar-refractivity contribution is 7.18. The summed E-state index contributed by atoms with van der Waals surface area (Å²) in [6.45, 7) is 2.75. The first-order valence-electron chi connectivity index (χ1n) is 9.10. The zero-order valence-electron chi connectivity index (χ0n) is 15.0. The lowest BCUT2D eigenvalue weighted by molar-refractivity contribution is -0.153. The number of rotatable bonds is 4. The molecule has 27 heavy (non-hydrogen) atoms. The van der Waals surface area contributed by atoms with E-state index in [1.807, 2.05) is 0 Å². The average molecular weight is 412 g/mol. The Balaban J connectivity index is 1.43. The Hall–Kier alpha value is -1.93. The van der Waals surface area contributed by atoms with Gasteiger partial charge in [0.05, 0.1) is 9.21 Å². The second-order valence-corrected chi connectivity index (χ2v) is 8.41. The maximum atomic E-state index is 12.3. The summed E-state index contributed by atoms with van der Waals surface area (Å²) in [4.78, 5) is 54.2. The first kappa shape index (κ1) is 19.8. The monoisotopic (exact) mass is 411 g/mol. The van der Waals surface area contributed by atoms with Gasteiger partial charge in [0.1, 0.15) is 0 Å². The lowest BCUT2D eigenvalue weighted by Gasteiger charge is -2.35. The number of hydrogen-bond donors (Lipinski definition) is 0. The maximum absolute atomic E-state index is 12.3. The molecule has 0 spiro atoms. The topological polar surface area (TPSA) is 78.0 Å². The van der Waals surface area contributed by atoms with Crippen LogP contribution in [0.3, 0.4) is 0 Å².